The van der Waals surface area contributed by atoms with Crippen molar-refractivity contribution >= 4 is 40.9 Å². The van der Waals surface area contributed by atoms with Crippen LogP contribution in [0.3, 0.4) is 0 Å². The number of carbonyl (C=O) groups is 1. The normalized spacial score (nSPS) is 14.2. The van der Waals surface area contributed by atoms with Crippen LogP contribution >= 0.6 is 23.2 Å². The van der Waals surface area contributed by atoms with E-state index in [0.717, 1.165) is 41.3 Å². The van der Waals surface area contributed by atoms with Gasteiger partial charge in [-0.1, -0.05) is 35.3 Å². The molecule has 1 saturated heterocycles. The zero-order chi connectivity index (χ0) is 23.4. The fourth-order valence-corrected chi connectivity index (χ4v) is 4.29. The predicted octanol–water partition coefficient (Wildman–Crippen LogP) is 4.92. The van der Waals surface area contributed by atoms with Crippen LogP contribution < -0.4 is 9.64 Å². The van der Waals surface area contributed by atoms with Crippen molar-refractivity contribution < 1.29 is 9.53 Å². The van der Waals surface area contributed by atoms with Gasteiger partial charge in [0.2, 0.25) is 5.91 Å². The van der Waals surface area contributed by atoms with Crippen LogP contribution in [0.25, 0.3) is 6.08 Å². The third-order valence-corrected chi connectivity index (χ3v) is 6.43. The number of anilines is 1. The Morgan fingerprint density at radius 3 is 2.33 bits per heavy atom. The van der Waals surface area contributed by atoms with Gasteiger partial charge in [-0.3, -0.25) is 4.79 Å². The lowest BCUT2D eigenvalue weighted by molar-refractivity contribution is -0.126. The lowest BCUT2D eigenvalue weighted by Gasteiger charge is -2.35. The van der Waals surface area contributed by atoms with E-state index in [1.165, 1.54) is 0 Å². The summed E-state index contributed by atoms with van der Waals surface area (Å²) in [5, 5.41) is 5.73. The molecule has 33 heavy (non-hydrogen) atoms. The standard InChI is InChI=1S/C25H26Cl2N4O2/c1-18-23(25(27)31(28-18)17-19-3-5-20(26)6-4-19)11-12-24(32)30-15-13-29(14-16-30)21-7-9-22(33-2)10-8-21/h3-12H,13-17H2,1-2H3. The highest BCUT2D eigenvalue weighted by Gasteiger charge is 2.20. The first-order valence-electron chi connectivity index (χ1n) is 10.8. The van der Waals surface area contributed by atoms with Gasteiger partial charge in [0, 0.05) is 48.5 Å². The number of hydrogen-bond donors (Lipinski definition) is 0. The second kappa shape index (κ2) is 10.3. The molecule has 3 aromatic rings. The summed E-state index contributed by atoms with van der Waals surface area (Å²) in [7, 11) is 1.66. The number of rotatable bonds is 6. The molecule has 0 aliphatic carbocycles. The second-order valence-corrected chi connectivity index (χ2v) is 8.71. The largest absolute Gasteiger partial charge is 0.497 e. The Morgan fingerprint density at radius 1 is 1.03 bits per heavy atom. The van der Waals surface area contributed by atoms with Gasteiger partial charge in [-0.05, 0) is 55.0 Å². The zero-order valence-corrected chi connectivity index (χ0v) is 20.2. The van der Waals surface area contributed by atoms with Gasteiger partial charge in [0.05, 0.1) is 19.3 Å². The topological polar surface area (TPSA) is 50.6 Å². The maximum absolute atomic E-state index is 12.8. The van der Waals surface area contributed by atoms with Crippen molar-refractivity contribution in [3.05, 3.63) is 81.6 Å². The van der Waals surface area contributed by atoms with Crippen molar-refractivity contribution in [3.63, 3.8) is 0 Å². The Kier molecular flexibility index (Phi) is 7.26. The Bertz CT molecular complexity index is 1130. The van der Waals surface area contributed by atoms with E-state index in [9.17, 15) is 4.79 Å². The minimum Gasteiger partial charge on any atom is -0.497 e. The van der Waals surface area contributed by atoms with Crippen LogP contribution in [-0.2, 0) is 11.3 Å². The number of hydrogen-bond acceptors (Lipinski definition) is 4. The summed E-state index contributed by atoms with van der Waals surface area (Å²) < 4.78 is 6.96. The molecular formula is C25H26Cl2N4O2. The Hall–Kier alpha value is -2.96. The molecule has 0 saturated carbocycles. The summed E-state index contributed by atoms with van der Waals surface area (Å²) >= 11 is 12.5. The molecule has 1 aliphatic heterocycles. The predicted molar refractivity (Wildman–Crippen MR) is 133 cm³/mol. The van der Waals surface area contributed by atoms with Crippen LogP contribution in [0.15, 0.2) is 54.6 Å². The van der Waals surface area contributed by atoms with E-state index in [2.05, 4.69) is 10.00 Å². The smallest absolute Gasteiger partial charge is 0.246 e. The number of piperazine rings is 1. The highest BCUT2D eigenvalue weighted by Crippen LogP contribution is 2.24. The number of nitrogens with zero attached hydrogens (tertiary/aromatic N) is 4. The first kappa shape index (κ1) is 23.2. The molecule has 0 N–H and O–H groups in total. The van der Waals surface area contributed by atoms with Crippen molar-refractivity contribution in [1.82, 2.24) is 14.7 Å². The molecule has 2 aromatic carbocycles. The van der Waals surface area contributed by atoms with Crippen molar-refractivity contribution in [3.8, 4) is 5.75 Å². The van der Waals surface area contributed by atoms with E-state index in [0.29, 0.717) is 29.8 Å². The quantitative estimate of drug-likeness (QED) is 0.466. The molecule has 0 unspecified atom stereocenters. The molecule has 0 atom stereocenters. The van der Waals surface area contributed by atoms with E-state index in [1.54, 1.807) is 23.9 Å². The van der Waals surface area contributed by atoms with Gasteiger partial charge in [-0.25, -0.2) is 4.68 Å². The Labute approximate surface area is 204 Å². The molecule has 6 nitrogen and oxygen atoms in total. The number of methoxy groups -OCH3 is 1. The van der Waals surface area contributed by atoms with E-state index in [1.807, 2.05) is 60.4 Å². The van der Waals surface area contributed by atoms with Gasteiger partial charge in [-0.15, -0.1) is 0 Å². The Morgan fingerprint density at radius 2 is 1.70 bits per heavy atom. The fraction of sp³-hybridized carbons (Fsp3) is 0.280. The van der Waals surface area contributed by atoms with Crippen LogP contribution in [0.4, 0.5) is 5.69 Å². The van der Waals surface area contributed by atoms with Gasteiger partial charge in [0.1, 0.15) is 10.9 Å². The summed E-state index contributed by atoms with van der Waals surface area (Å²) in [5.41, 5.74) is 3.72. The van der Waals surface area contributed by atoms with Crippen LogP contribution in [-0.4, -0.2) is 53.9 Å². The summed E-state index contributed by atoms with van der Waals surface area (Å²) in [6, 6.07) is 15.6. The lowest BCUT2D eigenvalue weighted by Crippen LogP contribution is -2.48. The molecule has 1 aliphatic rings. The summed E-state index contributed by atoms with van der Waals surface area (Å²) in [6.07, 6.45) is 3.35. The number of carbonyl (C=O) groups excluding carboxylic acids is 1. The monoisotopic (exact) mass is 484 g/mol. The molecule has 1 fully saturated rings. The molecule has 172 valence electrons. The van der Waals surface area contributed by atoms with E-state index >= 15 is 0 Å². The van der Waals surface area contributed by atoms with Gasteiger partial charge >= 0.3 is 0 Å². The van der Waals surface area contributed by atoms with Crippen LogP contribution in [0.1, 0.15) is 16.8 Å². The second-order valence-electron chi connectivity index (χ2n) is 7.92. The molecule has 0 bridgehead atoms. The third-order valence-electron chi connectivity index (χ3n) is 5.78. The van der Waals surface area contributed by atoms with Crippen LogP contribution in [0.5, 0.6) is 5.75 Å². The van der Waals surface area contributed by atoms with Crippen LogP contribution in [0, 0.1) is 6.92 Å². The van der Waals surface area contributed by atoms with Gasteiger partial charge in [0.15, 0.2) is 0 Å². The lowest BCUT2D eigenvalue weighted by atomic mass is 10.2. The number of halogens is 2. The third kappa shape index (κ3) is 5.52. The molecule has 2 heterocycles. The van der Waals surface area contributed by atoms with E-state index in [-0.39, 0.29) is 5.91 Å². The van der Waals surface area contributed by atoms with Gasteiger partial charge < -0.3 is 14.5 Å². The van der Waals surface area contributed by atoms with Crippen molar-refractivity contribution in [2.75, 3.05) is 38.2 Å². The average molecular weight is 485 g/mol. The van der Waals surface area contributed by atoms with Crippen LogP contribution in [0.2, 0.25) is 10.2 Å². The molecular weight excluding hydrogens is 459 g/mol. The molecule has 0 spiro atoms. The SMILES string of the molecule is COc1ccc(N2CCN(C(=O)C=Cc3c(C)nn(Cc4ccc(Cl)cc4)c3Cl)CC2)cc1. The molecule has 1 aromatic heterocycles. The summed E-state index contributed by atoms with van der Waals surface area (Å²) in [6.45, 7) is 5.32. The van der Waals surface area contributed by atoms with E-state index < -0.39 is 0 Å². The highest BCUT2D eigenvalue weighted by atomic mass is 35.5. The number of aromatic nitrogens is 2. The molecule has 1 amide bonds. The van der Waals surface area contributed by atoms with Gasteiger partial charge in [0.25, 0.3) is 0 Å². The van der Waals surface area contributed by atoms with Crippen molar-refractivity contribution in [1.29, 1.82) is 0 Å². The fourth-order valence-electron chi connectivity index (χ4n) is 3.86. The average Bonchev–Trinajstić information content (AvgIpc) is 3.11. The first-order valence-corrected chi connectivity index (χ1v) is 11.5. The highest BCUT2D eigenvalue weighted by molar-refractivity contribution is 6.31. The van der Waals surface area contributed by atoms with E-state index in [4.69, 9.17) is 27.9 Å². The van der Waals surface area contributed by atoms with Crippen molar-refractivity contribution in [2.45, 2.75) is 13.5 Å². The number of ether oxygens (including phenoxy) is 1. The van der Waals surface area contributed by atoms with Crippen molar-refractivity contribution in [2.24, 2.45) is 0 Å². The Balaban J connectivity index is 1.36. The molecule has 8 heteroatoms. The number of amides is 1. The van der Waals surface area contributed by atoms with Gasteiger partial charge in [-0.2, -0.15) is 5.10 Å². The maximum atomic E-state index is 12.8. The molecule has 0 radical (unpaired) electrons. The number of aryl methyl sites for hydroxylation is 1. The minimum absolute atomic E-state index is 0.0229. The summed E-state index contributed by atoms with van der Waals surface area (Å²) in [4.78, 5) is 16.9. The minimum atomic E-state index is -0.0229. The first-order chi connectivity index (χ1) is 15.9. The zero-order valence-electron chi connectivity index (χ0n) is 18.7. The molecule has 4 rings (SSSR count). The maximum Gasteiger partial charge on any atom is 0.246 e. The number of benzene rings is 2. The summed E-state index contributed by atoms with van der Waals surface area (Å²) in [5.74, 6) is 0.813.